The van der Waals surface area contributed by atoms with Crippen molar-refractivity contribution in [3.63, 3.8) is 0 Å². The van der Waals surface area contributed by atoms with Crippen molar-refractivity contribution < 1.29 is 9.47 Å². The SMILES string of the molecule is Cc1cc(Oc2ccccc2)cc2c1[B]c1[nH]c3ccccc3c1O2. The van der Waals surface area contributed by atoms with Crippen LogP contribution in [0.5, 0.6) is 23.0 Å². The molecule has 1 aliphatic heterocycles. The van der Waals surface area contributed by atoms with Gasteiger partial charge in [0, 0.05) is 22.6 Å². The highest BCUT2D eigenvalue weighted by atomic mass is 16.5. The number of H-pyrrole nitrogens is 1. The number of nitrogens with one attached hydrogen (secondary N) is 1. The lowest BCUT2D eigenvalue weighted by Crippen LogP contribution is -2.35. The number of aryl methyl sites for hydroxylation is 1. The lowest BCUT2D eigenvalue weighted by Gasteiger charge is -2.20. The normalized spacial score (nSPS) is 12.0. The summed E-state index contributed by atoms with van der Waals surface area (Å²) in [7, 11) is 2.15. The third kappa shape index (κ3) is 2.38. The maximum atomic E-state index is 6.25. The number of hydrogen-bond donors (Lipinski definition) is 1. The van der Waals surface area contributed by atoms with Crippen LogP contribution in [-0.4, -0.2) is 12.3 Å². The number of rotatable bonds is 2. The number of ether oxygens (including phenoxy) is 2. The first kappa shape index (κ1) is 14.2. The third-order valence-corrected chi connectivity index (χ3v) is 4.49. The van der Waals surface area contributed by atoms with Crippen LogP contribution in [0.25, 0.3) is 10.9 Å². The topological polar surface area (TPSA) is 34.2 Å². The van der Waals surface area contributed by atoms with E-state index in [1.165, 1.54) is 0 Å². The van der Waals surface area contributed by atoms with E-state index in [1.807, 2.05) is 54.6 Å². The Hall–Kier alpha value is -3.14. The molecule has 0 saturated heterocycles. The molecule has 0 fully saturated rings. The van der Waals surface area contributed by atoms with Crippen LogP contribution in [0.4, 0.5) is 0 Å². The van der Waals surface area contributed by atoms with Crippen LogP contribution >= 0.6 is 0 Å². The largest absolute Gasteiger partial charge is 0.457 e. The van der Waals surface area contributed by atoms with Gasteiger partial charge < -0.3 is 14.5 Å². The zero-order chi connectivity index (χ0) is 16.8. The molecule has 0 atom stereocenters. The lowest BCUT2D eigenvalue weighted by molar-refractivity contribution is 0.464. The minimum atomic E-state index is 0.777. The van der Waals surface area contributed by atoms with Gasteiger partial charge in [0.15, 0.2) is 0 Å². The van der Waals surface area contributed by atoms with Crippen LogP contribution in [0.1, 0.15) is 5.56 Å². The molecule has 1 aliphatic rings. The molecule has 4 heteroatoms. The van der Waals surface area contributed by atoms with Gasteiger partial charge in [0.25, 0.3) is 0 Å². The fourth-order valence-corrected chi connectivity index (χ4v) is 3.29. The molecule has 5 rings (SSSR count). The summed E-state index contributed by atoms with van der Waals surface area (Å²) in [5, 5.41) is 1.09. The number of hydrogen-bond acceptors (Lipinski definition) is 2. The summed E-state index contributed by atoms with van der Waals surface area (Å²) in [4.78, 5) is 3.43. The summed E-state index contributed by atoms with van der Waals surface area (Å²) < 4.78 is 12.2. The van der Waals surface area contributed by atoms with Gasteiger partial charge in [-0.25, -0.2) is 0 Å². The van der Waals surface area contributed by atoms with Crippen molar-refractivity contribution in [2.24, 2.45) is 0 Å². The quantitative estimate of drug-likeness (QED) is 0.498. The Morgan fingerprint density at radius 2 is 1.72 bits per heavy atom. The van der Waals surface area contributed by atoms with Crippen molar-refractivity contribution >= 4 is 29.2 Å². The molecule has 0 amide bonds. The third-order valence-electron chi connectivity index (χ3n) is 4.49. The van der Waals surface area contributed by atoms with Gasteiger partial charge in [-0.3, -0.25) is 0 Å². The second-order valence-electron chi connectivity index (χ2n) is 6.23. The minimum Gasteiger partial charge on any atom is -0.457 e. The molecule has 0 spiro atoms. The highest BCUT2D eigenvalue weighted by molar-refractivity contribution is 6.70. The van der Waals surface area contributed by atoms with Crippen molar-refractivity contribution in [1.29, 1.82) is 0 Å². The van der Waals surface area contributed by atoms with Gasteiger partial charge in [-0.15, -0.1) is 0 Å². The van der Waals surface area contributed by atoms with Gasteiger partial charge >= 0.3 is 0 Å². The Kier molecular flexibility index (Phi) is 3.10. The van der Waals surface area contributed by atoms with E-state index in [9.17, 15) is 0 Å². The fraction of sp³-hybridized carbons (Fsp3) is 0.0476. The molecule has 25 heavy (non-hydrogen) atoms. The first-order chi connectivity index (χ1) is 12.3. The van der Waals surface area contributed by atoms with Crippen molar-refractivity contribution in [2.45, 2.75) is 6.92 Å². The summed E-state index contributed by atoms with van der Waals surface area (Å²) >= 11 is 0. The first-order valence-corrected chi connectivity index (χ1v) is 8.29. The van der Waals surface area contributed by atoms with Crippen molar-refractivity contribution in [3.05, 3.63) is 72.3 Å². The number of aromatic amines is 1. The van der Waals surface area contributed by atoms with Gasteiger partial charge in [0.2, 0.25) is 7.28 Å². The molecule has 0 saturated carbocycles. The van der Waals surface area contributed by atoms with Crippen LogP contribution < -0.4 is 20.5 Å². The fourth-order valence-electron chi connectivity index (χ4n) is 3.29. The molecule has 119 valence electrons. The second-order valence-corrected chi connectivity index (χ2v) is 6.23. The second kappa shape index (κ2) is 5.45. The average molecular weight is 324 g/mol. The molecule has 4 aromatic rings. The number of benzene rings is 3. The summed E-state index contributed by atoms with van der Waals surface area (Å²) in [6, 6.07) is 22.0. The Labute approximate surface area is 146 Å². The highest BCUT2D eigenvalue weighted by Crippen LogP contribution is 2.33. The first-order valence-electron chi connectivity index (χ1n) is 8.29. The summed E-state index contributed by atoms with van der Waals surface area (Å²) in [6.07, 6.45) is 0. The molecule has 1 radical (unpaired) electrons. The summed E-state index contributed by atoms with van der Waals surface area (Å²) in [5.74, 6) is 3.29. The van der Waals surface area contributed by atoms with Crippen molar-refractivity contribution in [2.75, 3.05) is 0 Å². The Balaban J connectivity index is 1.56. The monoisotopic (exact) mass is 324 g/mol. The van der Waals surface area contributed by atoms with Gasteiger partial charge in [-0.2, -0.15) is 0 Å². The van der Waals surface area contributed by atoms with Gasteiger partial charge in [-0.1, -0.05) is 30.3 Å². The molecular weight excluding hydrogens is 309 g/mol. The van der Waals surface area contributed by atoms with E-state index in [4.69, 9.17) is 9.47 Å². The van der Waals surface area contributed by atoms with Gasteiger partial charge in [-0.05, 0) is 48.3 Å². The number of para-hydroxylation sites is 2. The molecule has 1 aromatic heterocycles. The smallest absolute Gasteiger partial charge is 0.224 e. The number of fused-ring (bicyclic) bond motifs is 4. The maximum absolute atomic E-state index is 6.25. The predicted octanol–water partition coefficient (Wildman–Crippen LogP) is 4.03. The molecule has 0 unspecified atom stereocenters. The molecular formula is C21H15BNO2. The van der Waals surface area contributed by atoms with E-state index < -0.39 is 0 Å². The maximum Gasteiger partial charge on any atom is 0.224 e. The standard InChI is InChI=1S/C21H15BNO2/c1-13-11-15(24-14-7-3-2-4-8-14)12-18-19(13)22-21-20(25-18)16-9-5-6-10-17(16)23-21/h2-12,23H,1H3. The van der Waals surface area contributed by atoms with Gasteiger partial charge in [0.1, 0.15) is 23.0 Å². The van der Waals surface area contributed by atoms with Crippen molar-refractivity contribution in [3.8, 4) is 23.0 Å². The Morgan fingerprint density at radius 3 is 2.60 bits per heavy atom. The molecule has 1 N–H and O–H groups in total. The molecule has 2 heterocycles. The van der Waals surface area contributed by atoms with E-state index in [-0.39, 0.29) is 0 Å². The van der Waals surface area contributed by atoms with Crippen LogP contribution in [0.3, 0.4) is 0 Å². The summed E-state index contributed by atoms with van der Waals surface area (Å²) in [5.41, 5.74) is 4.29. The van der Waals surface area contributed by atoms with E-state index in [2.05, 4.69) is 31.3 Å². The Bertz CT molecular complexity index is 1090. The molecule has 3 nitrogen and oxygen atoms in total. The van der Waals surface area contributed by atoms with Crippen LogP contribution in [0, 0.1) is 6.92 Å². The lowest BCUT2D eigenvalue weighted by atomic mass is 9.63. The molecule has 3 aromatic carbocycles. The minimum absolute atomic E-state index is 0.777. The van der Waals surface area contributed by atoms with E-state index in [1.54, 1.807) is 0 Å². The van der Waals surface area contributed by atoms with E-state index in [0.717, 1.165) is 50.5 Å². The summed E-state index contributed by atoms with van der Waals surface area (Å²) in [6.45, 7) is 2.07. The van der Waals surface area contributed by atoms with Gasteiger partial charge in [0.05, 0.1) is 0 Å². The zero-order valence-electron chi connectivity index (χ0n) is 13.7. The molecule has 0 bridgehead atoms. The average Bonchev–Trinajstić information content (AvgIpc) is 2.99. The van der Waals surface area contributed by atoms with Crippen LogP contribution in [-0.2, 0) is 0 Å². The highest BCUT2D eigenvalue weighted by Gasteiger charge is 2.24. The zero-order valence-corrected chi connectivity index (χ0v) is 13.7. The van der Waals surface area contributed by atoms with E-state index in [0.29, 0.717) is 0 Å². The predicted molar refractivity (Wildman–Crippen MR) is 101 cm³/mol. The number of aromatic nitrogens is 1. The van der Waals surface area contributed by atoms with Crippen LogP contribution in [0.2, 0.25) is 0 Å². The van der Waals surface area contributed by atoms with Crippen molar-refractivity contribution in [1.82, 2.24) is 4.98 Å². The Morgan fingerprint density at radius 1 is 0.920 bits per heavy atom. The molecule has 0 aliphatic carbocycles. The van der Waals surface area contributed by atoms with E-state index >= 15 is 0 Å². The van der Waals surface area contributed by atoms with Crippen LogP contribution in [0.15, 0.2) is 66.7 Å².